The highest BCUT2D eigenvalue weighted by molar-refractivity contribution is 6.04. The number of carboxylic acid groups (broad SMARTS) is 1. The van der Waals surface area contributed by atoms with E-state index >= 15 is 0 Å². The molecule has 4 aromatic rings. The molecule has 0 spiro atoms. The van der Waals surface area contributed by atoms with Crippen LogP contribution in [0.5, 0.6) is 0 Å². The first-order valence-electron chi connectivity index (χ1n) is 11.8. The molecule has 3 heterocycles. The number of amides is 2. The molecular weight excluding hydrogens is 442 g/mol. The number of nitrogens with zero attached hydrogens (tertiary/aromatic N) is 5. The highest BCUT2D eigenvalue weighted by Gasteiger charge is 2.35. The van der Waals surface area contributed by atoms with Gasteiger partial charge in [0.05, 0.1) is 41.6 Å². The van der Waals surface area contributed by atoms with Crippen molar-refractivity contribution in [3.8, 4) is 11.1 Å². The number of rotatable bonds is 4. The lowest BCUT2D eigenvalue weighted by Gasteiger charge is -2.40. The molecule has 1 aliphatic heterocycles. The van der Waals surface area contributed by atoms with Crippen LogP contribution in [0.25, 0.3) is 22.0 Å². The van der Waals surface area contributed by atoms with Gasteiger partial charge < -0.3 is 10.0 Å². The standard InChI is InChI=1S/C27H25N5O3/c1-17-15-30(27(34)35)25-13-20(21-14-29-31(16-21)22-7-8-22)6-9-24(25)32(17)26(33)12-18-4-5-19-3-2-10-28-23(19)11-18/h2-6,9-11,13-14,16-17,22H,7-8,12,15H2,1H3,(H,34,35)/t17-/m0/s1. The minimum absolute atomic E-state index is 0.0756. The highest BCUT2D eigenvalue weighted by atomic mass is 16.4. The second kappa shape index (κ2) is 8.23. The van der Waals surface area contributed by atoms with E-state index in [0.29, 0.717) is 17.4 Å². The number of hydrogen-bond acceptors (Lipinski definition) is 4. The summed E-state index contributed by atoms with van der Waals surface area (Å²) in [6.45, 7) is 2.09. The van der Waals surface area contributed by atoms with Gasteiger partial charge in [-0.15, -0.1) is 0 Å². The lowest BCUT2D eigenvalue weighted by atomic mass is 10.0. The Labute approximate surface area is 202 Å². The van der Waals surface area contributed by atoms with Crippen LogP contribution in [0.15, 0.2) is 67.1 Å². The molecule has 1 N–H and O–H groups in total. The van der Waals surface area contributed by atoms with Gasteiger partial charge in [-0.25, -0.2) is 4.79 Å². The van der Waals surface area contributed by atoms with Crippen molar-refractivity contribution in [1.29, 1.82) is 0 Å². The summed E-state index contributed by atoms with van der Waals surface area (Å²) < 4.78 is 1.97. The van der Waals surface area contributed by atoms with E-state index in [2.05, 4.69) is 10.1 Å². The summed E-state index contributed by atoms with van der Waals surface area (Å²) >= 11 is 0. The van der Waals surface area contributed by atoms with Crippen molar-refractivity contribution in [3.63, 3.8) is 0 Å². The third-order valence-electron chi connectivity index (χ3n) is 6.79. The zero-order chi connectivity index (χ0) is 24.1. The van der Waals surface area contributed by atoms with E-state index in [1.807, 2.05) is 72.5 Å². The van der Waals surface area contributed by atoms with Crippen molar-refractivity contribution in [3.05, 3.63) is 72.7 Å². The predicted octanol–water partition coefficient (Wildman–Crippen LogP) is 4.90. The number of carbonyl (C=O) groups is 2. The molecule has 6 rings (SSSR count). The summed E-state index contributed by atoms with van der Waals surface area (Å²) in [6.07, 6.45) is 7.01. The molecule has 0 saturated heterocycles. The van der Waals surface area contributed by atoms with Gasteiger partial charge in [-0.2, -0.15) is 5.10 Å². The minimum Gasteiger partial charge on any atom is -0.465 e. The molecule has 1 saturated carbocycles. The fourth-order valence-corrected chi connectivity index (χ4v) is 4.87. The number of aromatic nitrogens is 3. The van der Waals surface area contributed by atoms with E-state index in [1.54, 1.807) is 11.1 Å². The van der Waals surface area contributed by atoms with E-state index < -0.39 is 6.09 Å². The monoisotopic (exact) mass is 467 g/mol. The number of carbonyl (C=O) groups excluding carboxylic acids is 1. The van der Waals surface area contributed by atoms with Gasteiger partial charge in [0.25, 0.3) is 0 Å². The Morgan fingerprint density at radius 3 is 2.71 bits per heavy atom. The molecule has 176 valence electrons. The number of hydrogen-bond donors (Lipinski definition) is 1. The highest BCUT2D eigenvalue weighted by Crippen LogP contribution is 2.40. The maximum atomic E-state index is 13.5. The average Bonchev–Trinajstić information content (AvgIpc) is 3.59. The average molecular weight is 468 g/mol. The molecule has 8 heteroatoms. The first-order chi connectivity index (χ1) is 17.0. The van der Waals surface area contributed by atoms with Gasteiger partial charge in [0.15, 0.2) is 0 Å². The quantitative estimate of drug-likeness (QED) is 0.461. The van der Waals surface area contributed by atoms with Gasteiger partial charge in [0.1, 0.15) is 0 Å². The Hall–Kier alpha value is -4.20. The molecular formula is C27H25N5O3. The van der Waals surface area contributed by atoms with Gasteiger partial charge in [-0.3, -0.25) is 19.4 Å². The van der Waals surface area contributed by atoms with Gasteiger partial charge in [-0.05, 0) is 55.2 Å². The maximum Gasteiger partial charge on any atom is 0.411 e. The Morgan fingerprint density at radius 2 is 1.91 bits per heavy atom. The van der Waals surface area contributed by atoms with E-state index in [-0.39, 0.29) is 24.9 Å². The minimum atomic E-state index is -1.03. The van der Waals surface area contributed by atoms with Crippen LogP contribution in [0.4, 0.5) is 16.2 Å². The molecule has 35 heavy (non-hydrogen) atoms. The van der Waals surface area contributed by atoms with Crippen LogP contribution in [-0.4, -0.2) is 44.5 Å². The number of pyridine rings is 1. The lowest BCUT2D eigenvalue weighted by Crippen LogP contribution is -2.52. The van der Waals surface area contributed by atoms with Crippen molar-refractivity contribution in [1.82, 2.24) is 14.8 Å². The topological polar surface area (TPSA) is 91.6 Å². The summed E-state index contributed by atoms with van der Waals surface area (Å²) in [4.78, 5) is 33.1. The van der Waals surface area contributed by atoms with Crippen LogP contribution in [0.1, 0.15) is 31.4 Å². The Balaban J connectivity index is 1.34. The van der Waals surface area contributed by atoms with Crippen molar-refractivity contribution in [2.24, 2.45) is 0 Å². The van der Waals surface area contributed by atoms with E-state index in [0.717, 1.165) is 40.4 Å². The van der Waals surface area contributed by atoms with Crippen LogP contribution in [0, 0.1) is 0 Å². The molecule has 2 aliphatic rings. The summed E-state index contributed by atoms with van der Waals surface area (Å²) in [5, 5.41) is 15.4. The molecule has 0 unspecified atom stereocenters. The summed E-state index contributed by atoms with van der Waals surface area (Å²) in [5.74, 6) is -0.0756. The zero-order valence-corrected chi connectivity index (χ0v) is 19.3. The van der Waals surface area contributed by atoms with Crippen LogP contribution >= 0.6 is 0 Å². The van der Waals surface area contributed by atoms with Crippen LogP contribution in [0.2, 0.25) is 0 Å². The third-order valence-corrected chi connectivity index (χ3v) is 6.79. The molecule has 0 bridgehead atoms. The van der Waals surface area contributed by atoms with Crippen LogP contribution in [0.3, 0.4) is 0 Å². The number of anilines is 2. The summed E-state index contributed by atoms with van der Waals surface area (Å²) in [7, 11) is 0. The maximum absolute atomic E-state index is 13.5. The van der Waals surface area contributed by atoms with Crippen molar-refractivity contribution in [2.75, 3.05) is 16.3 Å². The Morgan fingerprint density at radius 1 is 1.06 bits per heavy atom. The SMILES string of the molecule is C[C@H]1CN(C(=O)O)c2cc(-c3cnn(C4CC4)c3)ccc2N1C(=O)Cc1ccc2cccnc2c1. The Kier molecular flexibility index (Phi) is 5.02. The van der Waals surface area contributed by atoms with Crippen LogP contribution < -0.4 is 9.80 Å². The van der Waals surface area contributed by atoms with Gasteiger partial charge in [0, 0.05) is 29.9 Å². The van der Waals surface area contributed by atoms with E-state index in [4.69, 9.17) is 0 Å². The molecule has 1 aliphatic carbocycles. The normalized spacial score (nSPS) is 17.5. The largest absolute Gasteiger partial charge is 0.465 e. The molecule has 2 aromatic heterocycles. The fraction of sp³-hybridized carbons (Fsp3) is 0.259. The zero-order valence-electron chi connectivity index (χ0n) is 19.3. The van der Waals surface area contributed by atoms with Crippen molar-refractivity contribution in [2.45, 2.75) is 38.3 Å². The van der Waals surface area contributed by atoms with Crippen LogP contribution in [-0.2, 0) is 11.2 Å². The summed E-state index contributed by atoms with van der Waals surface area (Å²) in [5.41, 5.74) is 4.65. The summed E-state index contributed by atoms with van der Waals surface area (Å²) in [6, 6.07) is 15.5. The van der Waals surface area contributed by atoms with E-state index in [1.165, 1.54) is 4.90 Å². The fourth-order valence-electron chi connectivity index (χ4n) is 4.87. The predicted molar refractivity (Wildman–Crippen MR) is 134 cm³/mol. The molecule has 2 amide bonds. The van der Waals surface area contributed by atoms with Gasteiger partial charge >= 0.3 is 6.09 Å². The second-order valence-electron chi connectivity index (χ2n) is 9.36. The van der Waals surface area contributed by atoms with E-state index in [9.17, 15) is 14.7 Å². The van der Waals surface area contributed by atoms with Crippen molar-refractivity contribution < 1.29 is 14.7 Å². The molecule has 1 fully saturated rings. The molecule has 1 atom stereocenters. The molecule has 8 nitrogen and oxygen atoms in total. The smallest absolute Gasteiger partial charge is 0.411 e. The van der Waals surface area contributed by atoms with Gasteiger partial charge in [0.2, 0.25) is 5.91 Å². The first-order valence-corrected chi connectivity index (χ1v) is 11.8. The number of benzene rings is 2. The van der Waals surface area contributed by atoms with Gasteiger partial charge in [-0.1, -0.05) is 24.3 Å². The van der Waals surface area contributed by atoms with Crippen molar-refractivity contribution >= 4 is 34.3 Å². The first kappa shape index (κ1) is 21.3. The number of fused-ring (bicyclic) bond motifs is 2. The molecule has 0 radical (unpaired) electrons. The molecule has 2 aromatic carbocycles. The lowest BCUT2D eigenvalue weighted by molar-refractivity contribution is -0.118. The second-order valence-corrected chi connectivity index (χ2v) is 9.36. The Bertz CT molecular complexity index is 1460. The third kappa shape index (κ3) is 3.90.